The Kier molecular flexibility index (Phi) is 6.78. The fourth-order valence-corrected chi connectivity index (χ4v) is 6.43. The Morgan fingerprint density at radius 1 is 0.810 bits per heavy atom. The summed E-state index contributed by atoms with van der Waals surface area (Å²) in [5, 5.41) is 11.5. The van der Waals surface area contributed by atoms with Gasteiger partial charge in [0, 0.05) is 34.2 Å². The Labute approximate surface area is 247 Å². The van der Waals surface area contributed by atoms with Crippen molar-refractivity contribution in [1.82, 2.24) is 4.98 Å². The van der Waals surface area contributed by atoms with Crippen LogP contribution in [0.15, 0.2) is 102 Å². The molecule has 0 bridgehead atoms. The molecular weight excluding hydrogens is 517 g/mol. The van der Waals surface area contributed by atoms with Gasteiger partial charge in [0.1, 0.15) is 32.7 Å². The Bertz CT molecular complexity index is 2000. The van der Waals surface area contributed by atoms with Gasteiger partial charge in [0.05, 0.1) is 17.3 Å². The van der Waals surface area contributed by atoms with Gasteiger partial charge in [0.2, 0.25) is 0 Å². The van der Waals surface area contributed by atoms with Crippen LogP contribution in [0.1, 0.15) is 38.3 Å². The molecule has 0 saturated heterocycles. The molecule has 2 heterocycles. The molecule has 0 atom stereocenters. The van der Waals surface area contributed by atoms with Crippen LogP contribution >= 0.6 is 0 Å². The van der Waals surface area contributed by atoms with Crippen molar-refractivity contribution < 1.29 is 8.81 Å². The van der Waals surface area contributed by atoms with Crippen LogP contribution in [0.3, 0.4) is 0 Å². The summed E-state index contributed by atoms with van der Waals surface area (Å²) < 4.78 is 22.3. The largest absolute Gasteiger partial charge is 0.455 e. The van der Waals surface area contributed by atoms with Gasteiger partial charge in [-0.2, -0.15) is 5.26 Å². The number of nitrogens with zero attached hydrogens (tertiary/aromatic N) is 2. The van der Waals surface area contributed by atoms with Crippen molar-refractivity contribution in [1.29, 1.82) is 5.26 Å². The molecule has 0 N–H and O–H groups in total. The second kappa shape index (κ2) is 10.3. The second-order valence-electron chi connectivity index (χ2n) is 12.9. The van der Waals surface area contributed by atoms with Crippen LogP contribution in [-0.4, -0.2) is 20.7 Å². The van der Waals surface area contributed by atoms with Gasteiger partial charge in [-0.05, 0) is 51.9 Å². The maximum absolute atomic E-state index is 15.7. The van der Waals surface area contributed by atoms with Gasteiger partial charge >= 0.3 is 0 Å². The van der Waals surface area contributed by atoms with Crippen LogP contribution in [0, 0.1) is 22.6 Å². The minimum atomic E-state index is -0.365. The number of hydrogen-bond acceptors (Lipinski definition) is 3. The molecular formula is C36H31B2FN2O. The van der Waals surface area contributed by atoms with E-state index in [1.54, 1.807) is 6.20 Å². The standard InChI is InChI=1S/C36H31B2FN2O/c1-35(2,3)21-36(37,38)29-20-41-31(18-30(29)39)28-14-8-13-26-27-16-15-25(19-40)32(34(27)42-33(26)28)24-12-7-11-23(17-24)22-9-5-4-6-10-22/h4-18,20H,21,37-38H2,1-3H3. The van der Waals surface area contributed by atoms with Crippen LogP contribution in [0.25, 0.3) is 55.4 Å². The molecule has 0 saturated carbocycles. The lowest BCUT2D eigenvalue weighted by molar-refractivity contribution is 0.353. The lowest BCUT2D eigenvalue weighted by Crippen LogP contribution is -2.33. The van der Waals surface area contributed by atoms with Crippen LogP contribution in [0.4, 0.5) is 4.39 Å². The average Bonchev–Trinajstić information content (AvgIpc) is 3.34. The van der Waals surface area contributed by atoms with Gasteiger partial charge in [-0.3, -0.25) is 4.98 Å². The number of furan rings is 1. The summed E-state index contributed by atoms with van der Waals surface area (Å²) in [6, 6.07) is 31.8. The second-order valence-corrected chi connectivity index (χ2v) is 12.9. The number of halogens is 1. The van der Waals surface area contributed by atoms with Gasteiger partial charge < -0.3 is 4.42 Å². The summed E-state index contributed by atoms with van der Waals surface area (Å²) in [5.41, 5.74) is 7.46. The van der Waals surface area contributed by atoms with E-state index in [0.717, 1.165) is 39.4 Å². The van der Waals surface area contributed by atoms with E-state index in [1.807, 2.05) is 60.7 Å². The van der Waals surface area contributed by atoms with Crippen molar-refractivity contribution in [2.24, 2.45) is 5.41 Å². The molecule has 2 aromatic heterocycles. The predicted octanol–water partition coefficient (Wildman–Crippen LogP) is 7.85. The van der Waals surface area contributed by atoms with E-state index in [0.29, 0.717) is 33.6 Å². The topological polar surface area (TPSA) is 49.8 Å². The van der Waals surface area contributed by atoms with Gasteiger partial charge in [-0.15, -0.1) is 0 Å². The van der Waals surface area contributed by atoms with E-state index in [-0.39, 0.29) is 16.4 Å². The molecule has 0 radical (unpaired) electrons. The zero-order chi connectivity index (χ0) is 29.6. The fraction of sp³-hybridized carbons (Fsp3) is 0.167. The lowest BCUT2D eigenvalue weighted by Gasteiger charge is -2.33. The molecule has 0 amide bonds. The SMILES string of the molecule is BC(B)(CC(C)(C)C)c1cnc(-c2cccc3c2oc2c(-c4cccc(-c5ccccc5)c4)c(C#N)ccc23)cc1F. The highest BCUT2D eigenvalue weighted by Crippen LogP contribution is 2.42. The molecule has 0 spiro atoms. The predicted molar refractivity (Wildman–Crippen MR) is 175 cm³/mol. The quantitative estimate of drug-likeness (QED) is 0.206. The third-order valence-corrected chi connectivity index (χ3v) is 7.88. The zero-order valence-electron chi connectivity index (χ0n) is 24.6. The van der Waals surface area contributed by atoms with Crippen LogP contribution in [-0.2, 0) is 5.21 Å². The van der Waals surface area contributed by atoms with Gasteiger partial charge in [0.25, 0.3) is 0 Å². The Morgan fingerprint density at radius 3 is 2.21 bits per heavy atom. The Hall–Kier alpha value is -4.62. The monoisotopic (exact) mass is 548 g/mol. The molecule has 0 fully saturated rings. The Morgan fingerprint density at radius 2 is 1.50 bits per heavy atom. The summed E-state index contributed by atoms with van der Waals surface area (Å²) in [7, 11) is 4.14. The Balaban J connectivity index is 1.51. The fourth-order valence-electron chi connectivity index (χ4n) is 6.43. The number of hydrogen-bond donors (Lipinski definition) is 0. The number of aromatic nitrogens is 1. The molecule has 42 heavy (non-hydrogen) atoms. The molecule has 6 rings (SSSR count). The van der Waals surface area contributed by atoms with Crippen molar-refractivity contribution in [3.05, 3.63) is 114 Å². The van der Waals surface area contributed by atoms with Crippen LogP contribution in [0.2, 0.25) is 0 Å². The summed E-state index contributed by atoms with van der Waals surface area (Å²) in [6.45, 7) is 6.50. The van der Waals surface area contributed by atoms with Gasteiger partial charge in [0.15, 0.2) is 0 Å². The molecule has 0 aliphatic rings. The number of pyridine rings is 1. The van der Waals surface area contributed by atoms with Crippen molar-refractivity contribution >= 4 is 37.6 Å². The number of para-hydroxylation sites is 1. The van der Waals surface area contributed by atoms with Crippen molar-refractivity contribution in [3.8, 4) is 39.6 Å². The summed E-state index contributed by atoms with van der Waals surface area (Å²) >= 11 is 0. The number of benzene rings is 4. The molecule has 204 valence electrons. The minimum absolute atomic E-state index is 0.0507. The first-order valence-electron chi connectivity index (χ1n) is 14.3. The van der Waals surface area contributed by atoms with Gasteiger partial charge in [-0.1, -0.05) is 93.1 Å². The molecule has 6 aromatic rings. The highest BCUT2D eigenvalue weighted by molar-refractivity contribution is 6.40. The van der Waals surface area contributed by atoms with Crippen LogP contribution < -0.4 is 0 Å². The zero-order valence-corrected chi connectivity index (χ0v) is 24.6. The van der Waals surface area contributed by atoms with E-state index < -0.39 is 0 Å². The number of rotatable bonds is 5. The first kappa shape index (κ1) is 27.5. The van der Waals surface area contributed by atoms with Crippen molar-refractivity contribution in [2.45, 2.75) is 32.4 Å². The smallest absolute Gasteiger partial charge is 0.144 e. The third kappa shape index (κ3) is 5.01. The molecule has 0 aliphatic carbocycles. The normalized spacial score (nSPS) is 12.1. The van der Waals surface area contributed by atoms with Crippen molar-refractivity contribution in [2.75, 3.05) is 0 Å². The first-order chi connectivity index (χ1) is 20.1. The molecule has 0 aliphatic heterocycles. The van der Waals surface area contributed by atoms with Crippen molar-refractivity contribution in [3.63, 3.8) is 0 Å². The van der Waals surface area contributed by atoms with E-state index in [1.165, 1.54) is 6.07 Å². The summed E-state index contributed by atoms with van der Waals surface area (Å²) in [6.07, 6.45) is 2.50. The average molecular weight is 548 g/mol. The molecule has 3 nitrogen and oxygen atoms in total. The molecule has 6 heteroatoms. The highest BCUT2D eigenvalue weighted by atomic mass is 19.1. The maximum atomic E-state index is 15.7. The van der Waals surface area contributed by atoms with E-state index in [2.05, 4.69) is 66.8 Å². The lowest BCUT2D eigenvalue weighted by atomic mass is 9.47. The minimum Gasteiger partial charge on any atom is -0.455 e. The number of nitriles is 1. The van der Waals surface area contributed by atoms with Gasteiger partial charge in [-0.25, -0.2) is 4.39 Å². The maximum Gasteiger partial charge on any atom is 0.144 e. The highest BCUT2D eigenvalue weighted by Gasteiger charge is 2.30. The van der Waals surface area contributed by atoms with E-state index >= 15 is 4.39 Å². The third-order valence-electron chi connectivity index (χ3n) is 7.88. The molecule has 0 unspecified atom stereocenters. The summed E-state index contributed by atoms with van der Waals surface area (Å²) in [5.74, 6) is -0.271. The first-order valence-corrected chi connectivity index (χ1v) is 14.3. The molecule has 4 aromatic carbocycles. The van der Waals surface area contributed by atoms with E-state index in [4.69, 9.17) is 9.40 Å². The number of fused-ring (bicyclic) bond motifs is 3. The van der Waals surface area contributed by atoms with E-state index in [9.17, 15) is 5.26 Å². The van der Waals surface area contributed by atoms with Crippen LogP contribution in [0.5, 0.6) is 0 Å². The summed E-state index contributed by atoms with van der Waals surface area (Å²) in [4.78, 5) is 4.73.